The number of benzene rings is 1. The zero-order chi connectivity index (χ0) is 17.9. The molecule has 0 unspecified atom stereocenters. The molecule has 1 fully saturated rings. The zero-order valence-corrected chi connectivity index (χ0v) is 13.9. The molecular weight excluding hydrogens is 320 g/mol. The first kappa shape index (κ1) is 17.9. The van der Waals surface area contributed by atoms with Gasteiger partial charge in [-0.15, -0.1) is 0 Å². The Morgan fingerprint density at radius 2 is 1.67 bits per heavy atom. The maximum atomic E-state index is 12.1. The lowest BCUT2D eigenvalue weighted by molar-refractivity contribution is -0.154. The molecule has 24 heavy (non-hydrogen) atoms. The first-order chi connectivity index (χ1) is 11.5. The first-order valence-electron chi connectivity index (χ1n) is 7.20. The van der Waals surface area contributed by atoms with Gasteiger partial charge in [0.25, 0.3) is 0 Å². The van der Waals surface area contributed by atoms with Gasteiger partial charge in [0, 0.05) is 0 Å². The minimum absolute atomic E-state index is 0.0869. The van der Waals surface area contributed by atoms with Crippen molar-refractivity contribution in [3.05, 3.63) is 17.7 Å². The minimum atomic E-state index is -1.11. The minimum Gasteiger partial charge on any atom is -0.493 e. The van der Waals surface area contributed by atoms with Crippen LogP contribution in [0, 0.1) is 11.8 Å². The average Bonchev–Trinajstić information content (AvgIpc) is 3.04. The van der Waals surface area contributed by atoms with Crippen molar-refractivity contribution in [3.63, 3.8) is 0 Å². The standard InChI is InChI=1S/C16H20O8/c1-20-10-5-8(6-11(21-2)14(10)22-3)13-12(16(19)23-4)9(7-24-13)15(17)18/h5-6,9,12-13H,7H2,1-4H3,(H,17,18)/t9-,12+,13+/m1/s1. The number of carboxylic acids is 1. The number of carboxylic acid groups (broad SMARTS) is 1. The molecular formula is C16H20O8. The molecule has 1 aromatic rings. The van der Waals surface area contributed by atoms with E-state index in [0.717, 1.165) is 0 Å². The molecule has 0 aliphatic carbocycles. The molecule has 1 aliphatic heterocycles. The Kier molecular flexibility index (Phi) is 5.50. The van der Waals surface area contributed by atoms with Gasteiger partial charge in [0.2, 0.25) is 5.75 Å². The van der Waals surface area contributed by atoms with E-state index >= 15 is 0 Å². The monoisotopic (exact) mass is 340 g/mol. The van der Waals surface area contributed by atoms with Gasteiger partial charge >= 0.3 is 11.9 Å². The van der Waals surface area contributed by atoms with E-state index in [0.29, 0.717) is 22.8 Å². The van der Waals surface area contributed by atoms with Crippen molar-refractivity contribution in [2.75, 3.05) is 35.0 Å². The second-order valence-corrected chi connectivity index (χ2v) is 5.21. The number of esters is 1. The van der Waals surface area contributed by atoms with Crippen molar-refractivity contribution in [2.45, 2.75) is 6.10 Å². The van der Waals surface area contributed by atoms with Gasteiger partial charge in [-0.05, 0) is 17.7 Å². The molecule has 0 spiro atoms. The van der Waals surface area contributed by atoms with Crippen LogP contribution in [-0.2, 0) is 19.1 Å². The maximum Gasteiger partial charge on any atom is 0.312 e. The molecule has 1 saturated heterocycles. The number of rotatable bonds is 6. The van der Waals surface area contributed by atoms with E-state index in [1.165, 1.54) is 28.4 Å². The highest BCUT2D eigenvalue weighted by Gasteiger charge is 2.48. The highest BCUT2D eigenvalue weighted by Crippen LogP contribution is 2.45. The fraction of sp³-hybridized carbons (Fsp3) is 0.500. The molecule has 1 heterocycles. The second kappa shape index (κ2) is 7.39. The molecule has 1 N–H and O–H groups in total. The molecule has 0 amide bonds. The lowest BCUT2D eigenvalue weighted by Gasteiger charge is -2.21. The van der Waals surface area contributed by atoms with Gasteiger partial charge in [0.05, 0.1) is 47.1 Å². The van der Waals surface area contributed by atoms with E-state index in [4.69, 9.17) is 23.7 Å². The second-order valence-electron chi connectivity index (χ2n) is 5.21. The smallest absolute Gasteiger partial charge is 0.312 e. The Labute approximate surface area is 139 Å². The van der Waals surface area contributed by atoms with Gasteiger partial charge in [-0.2, -0.15) is 0 Å². The van der Waals surface area contributed by atoms with Crippen LogP contribution in [0.4, 0.5) is 0 Å². The quantitative estimate of drug-likeness (QED) is 0.773. The fourth-order valence-electron chi connectivity index (χ4n) is 2.84. The van der Waals surface area contributed by atoms with E-state index in [1.54, 1.807) is 12.1 Å². The Morgan fingerprint density at radius 1 is 1.08 bits per heavy atom. The first-order valence-corrected chi connectivity index (χ1v) is 7.20. The summed E-state index contributed by atoms with van der Waals surface area (Å²) in [5.74, 6) is -2.53. The van der Waals surface area contributed by atoms with Crippen LogP contribution in [0.15, 0.2) is 12.1 Å². The van der Waals surface area contributed by atoms with E-state index in [1.807, 2.05) is 0 Å². The summed E-state index contributed by atoms with van der Waals surface area (Å²) in [5, 5.41) is 9.32. The van der Waals surface area contributed by atoms with Crippen molar-refractivity contribution in [1.82, 2.24) is 0 Å². The number of carbonyl (C=O) groups excluding carboxylic acids is 1. The van der Waals surface area contributed by atoms with Crippen molar-refractivity contribution in [1.29, 1.82) is 0 Å². The number of hydrogen-bond donors (Lipinski definition) is 1. The third-order valence-electron chi connectivity index (χ3n) is 4.02. The van der Waals surface area contributed by atoms with Crippen LogP contribution in [0.5, 0.6) is 17.2 Å². The summed E-state index contributed by atoms with van der Waals surface area (Å²) < 4.78 is 26.2. The number of ether oxygens (including phenoxy) is 5. The highest BCUT2D eigenvalue weighted by atomic mass is 16.5. The van der Waals surface area contributed by atoms with Gasteiger partial charge in [0.1, 0.15) is 5.92 Å². The van der Waals surface area contributed by atoms with Crippen LogP contribution in [0.25, 0.3) is 0 Å². The predicted molar refractivity (Wildman–Crippen MR) is 81.4 cm³/mol. The molecule has 1 aliphatic rings. The van der Waals surface area contributed by atoms with E-state index < -0.39 is 29.9 Å². The van der Waals surface area contributed by atoms with Crippen LogP contribution in [0.2, 0.25) is 0 Å². The van der Waals surface area contributed by atoms with Gasteiger partial charge in [0.15, 0.2) is 11.5 Å². The Morgan fingerprint density at radius 3 is 2.08 bits per heavy atom. The summed E-state index contributed by atoms with van der Waals surface area (Å²) in [6.45, 7) is -0.0869. The average molecular weight is 340 g/mol. The summed E-state index contributed by atoms with van der Waals surface area (Å²) in [6.07, 6.45) is -0.785. The normalized spacial score (nSPS) is 22.8. The van der Waals surface area contributed by atoms with Crippen LogP contribution in [0.1, 0.15) is 11.7 Å². The van der Waals surface area contributed by atoms with Crippen molar-refractivity contribution < 1.29 is 38.4 Å². The van der Waals surface area contributed by atoms with Crippen LogP contribution in [0.3, 0.4) is 0 Å². The van der Waals surface area contributed by atoms with Gasteiger partial charge in [-0.25, -0.2) is 0 Å². The molecule has 2 rings (SSSR count). The van der Waals surface area contributed by atoms with Crippen molar-refractivity contribution >= 4 is 11.9 Å². The van der Waals surface area contributed by atoms with Gasteiger partial charge in [-0.1, -0.05) is 0 Å². The lowest BCUT2D eigenvalue weighted by atomic mass is 9.87. The van der Waals surface area contributed by atoms with Gasteiger partial charge < -0.3 is 28.8 Å². The summed E-state index contributed by atoms with van der Waals surface area (Å²) in [6, 6.07) is 3.26. The molecule has 3 atom stereocenters. The number of aliphatic carboxylic acids is 1. The molecule has 1 aromatic carbocycles. The summed E-state index contributed by atoms with van der Waals surface area (Å²) >= 11 is 0. The topological polar surface area (TPSA) is 101 Å². The molecule has 0 aromatic heterocycles. The molecule has 8 nitrogen and oxygen atoms in total. The molecule has 0 saturated carbocycles. The SMILES string of the molecule is COC(=O)[C@H]1[C@H](C(=O)O)CO[C@H]1c1cc(OC)c(OC)c(OC)c1. The Bertz CT molecular complexity index is 601. The van der Waals surface area contributed by atoms with E-state index in [2.05, 4.69) is 0 Å². The Balaban J connectivity index is 2.49. The zero-order valence-electron chi connectivity index (χ0n) is 13.9. The van der Waals surface area contributed by atoms with Crippen LogP contribution >= 0.6 is 0 Å². The number of hydrogen-bond acceptors (Lipinski definition) is 7. The number of methoxy groups -OCH3 is 4. The van der Waals surface area contributed by atoms with Gasteiger partial charge in [-0.3, -0.25) is 9.59 Å². The summed E-state index contributed by atoms with van der Waals surface area (Å²) in [4.78, 5) is 23.5. The fourth-order valence-corrected chi connectivity index (χ4v) is 2.84. The maximum absolute atomic E-state index is 12.1. The Hall–Kier alpha value is -2.48. The third-order valence-corrected chi connectivity index (χ3v) is 4.02. The molecule has 8 heteroatoms. The predicted octanol–water partition coefficient (Wildman–Crippen LogP) is 1.27. The van der Waals surface area contributed by atoms with E-state index in [9.17, 15) is 14.7 Å². The molecule has 132 valence electrons. The van der Waals surface area contributed by atoms with Crippen molar-refractivity contribution in [3.8, 4) is 17.2 Å². The van der Waals surface area contributed by atoms with Crippen LogP contribution in [-0.4, -0.2) is 52.1 Å². The lowest BCUT2D eigenvalue weighted by Crippen LogP contribution is -2.30. The largest absolute Gasteiger partial charge is 0.493 e. The summed E-state index contributed by atoms with van der Waals surface area (Å²) in [7, 11) is 5.62. The van der Waals surface area contributed by atoms with E-state index in [-0.39, 0.29) is 6.61 Å². The van der Waals surface area contributed by atoms with Crippen molar-refractivity contribution in [2.24, 2.45) is 11.8 Å². The highest BCUT2D eigenvalue weighted by molar-refractivity contribution is 5.82. The molecule has 0 bridgehead atoms. The number of carbonyl (C=O) groups is 2. The third kappa shape index (κ3) is 3.09. The molecule has 0 radical (unpaired) electrons. The van der Waals surface area contributed by atoms with Crippen LogP contribution < -0.4 is 14.2 Å². The summed E-state index contributed by atoms with van der Waals surface area (Å²) in [5.41, 5.74) is 0.545.